The van der Waals surface area contributed by atoms with E-state index in [-0.39, 0.29) is 35.5 Å². The Balaban J connectivity index is 1.59. The van der Waals surface area contributed by atoms with E-state index in [0.717, 1.165) is 71.8 Å². The zero-order valence-corrected chi connectivity index (χ0v) is 28.9. The predicted octanol–water partition coefficient (Wildman–Crippen LogP) is 7.73. The number of hydrogen-bond acceptors (Lipinski definition) is 4. The van der Waals surface area contributed by atoms with Crippen molar-refractivity contribution in [3.8, 4) is 0 Å². The molecule has 1 N–H and O–H groups in total. The van der Waals surface area contributed by atoms with E-state index in [9.17, 15) is 22.4 Å². The Morgan fingerprint density at radius 2 is 1.48 bits per heavy atom. The van der Waals surface area contributed by atoms with Crippen molar-refractivity contribution in [2.75, 3.05) is 10.8 Å². The number of amides is 2. The van der Waals surface area contributed by atoms with E-state index in [1.54, 1.807) is 42.5 Å². The number of halogens is 3. The Morgan fingerprint density at radius 3 is 2.10 bits per heavy atom. The molecule has 1 saturated carbocycles. The summed E-state index contributed by atoms with van der Waals surface area (Å²) in [6.07, 6.45) is 4.95. The summed E-state index contributed by atoms with van der Waals surface area (Å²) >= 11 is 13.2. The molecule has 1 atom stereocenters. The van der Waals surface area contributed by atoms with Crippen LogP contribution >= 0.6 is 23.2 Å². The van der Waals surface area contributed by atoms with Crippen LogP contribution in [-0.4, -0.2) is 43.8 Å². The first-order valence-electron chi connectivity index (χ1n) is 15.9. The third-order valence-electron chi connectivity index (χ3n) is 8.62. The fourth-order valence-electron chi connectivity index (χ4n) is 5.93. The summed E-state index contributed by atoms with van der Waals surface area (Å²) in [5.74, 6) is -1.58. The largest absolute Gasteiger partial charge is 0.352 e. The van der Waals surface area contributed by atoms with Gasteiger partial charge < -0.3 is 10.2 Å². The first-order chi connectivity index (χ1) is 23.0. The minimum atomic E-state index is -4.36. The van der Waals surface area contributed by atoms with E-state index in [1.165, 1.54) is 4.90 Å². The highest BCUT2D eigenvalue weighted by molar-refractivity contribution is 7.92. The Morgan fingerprint density at radius 1 is 0.854 bits per heavy atom. The fourth-order valence-corrected chi connectivity index (χ4v) is 7.86. The van der Waals surface area contributed by atoms with Crippen molar-refractivity contribution >= 4 is 50.7 Å². The van der Waals surface area contributed by atoms with E-state index in [0.29, 0.717) is 15.6 Å². The summed E-state index contributed by atoms with van der Waals surface area (Å²) in [5, 5.41) is 3.79. The molecule has 4 aromatic carbocycles. The van der Waals surface area contributed by atoms with Crippen LogP contribution in [0.4, 0.5) is 10.1 Å². The summed E-state index contributed by atoms with van der Waals surface area (Å²) in [6, 6.07) is 24.4. The van der Waals surface area contributed by atoms with E-state index in [1.807, 2.05) is 37.3 Å². The highest BCUT2D eigenvalue weighted by Gasteiger charge is 2.36. The molecule has 1 aliphatic carbocycles. The normalized spacial score (nSPS) is 14.2. The number of sulfonamides is 1. The van der Waals surface area contributed by atoms with E-state index < -0.39 is 34.3 Å². The third kappa shape index (κ3) is 8.75. The molecule has 7 nitrogen and oxygen atoms in total. The maximum absolute atomic E-state index is 14.7. The van der Waals surface area contributed by atoms with Crippen molar-refractivity contribution in [3.63, 3.8) is 0 Å². The van der Waals surface area contributed by atoms with Crippen LogP contribution in [0.5, 0.6) is 0 Å². The molecule has 5 rings (SSSR count). The van der Waals surface area contributed by atoms with Gasteiger partial charge in [0.1, 0.15) is 18.4 Å². The van der Waals surface area contributed by atoms with Gasteiger partial charge in [-0.1, -0.05) is 96.6 Å². The van der Waals surface area contributed by atoms with Crippen molar-refractivity contribution in [1.29, 1.82) is 0 Å². The van der Waals surface area contributed by atoms with Gasteiger partial charge >= 0.3 is 0 Å². The Hall–Kier alpha value is -3.92. The average Bonchev–Trinajstić information content (AvgIpc) is 3.08. The van der Waals surface area contributed by atoms with Gasteiger partial charge in [0, 0.05) is 34.6 Å². The lowest BCUT2D eigenvalue weighted by Crippen LogP contribution is -2.55. The Labute approximate surface area is 291 Å². The Bertz CT molecular complexity index is 1800. The highest BCUT2D eigenvalue weighted by atomic mass is 35.5. The number of carbonyl (C=O) groups excluding carboxylic acids is 2. The molecule has 1 fully saturated rings. The van der Waals surface area contributed by atoms with Crippen molar-refractivity contribution < 1.29 is 22.4 Å². The lowest BCUT2D eigenvalue weighted by molar-refractivity contribution is -0.140. The number of aryl methyl sites for hydroxylation is 1. The fraction of sp³-hybridized carbons (Fsp3) is 0.297. The molecule has 11 heteroatoms. The number of nitrogens with one attached hydrogen (secondary N) is 1. The molecular weight excluding hydrogens is 672 g/mol. The summed E-state index contributed by atoms with van der Waals surface area (Å²) in [5.41, 5.74) is 2.38. The highest BCUT2D eigenvalue weighted by Crippen LogP contribution is 2.29. The van der Waals surface area contributed by atoms with Gasteiger partial charge in [0.15, 0.2) is 0 Å². The second-order valence-corrected chi connectivity index (χ2v) is 14.7. The zero-order valence-electron chi connectivity index (χ0n) is 26.6. The van der Waals surface area contributed by atoms with Crippen molar-refractivity contribution in [1.82, 2.24) is 10.2 Å². The number of rotatable bonds is 12. The summed E-state index contributed by atoms with van der Waals surface area (Å²) in [4.78, 5) is 30.1. The summed E-state index contributed by atoms with van der Waals surface area (Å²) in [7, 11) is -4.36. The van der Waals surface area contributed by atoms with Gasteiger partial charge in [-0.2, -0.15) is 0 Å². The monoisotopic (exact) mass is 709 g/mol. The number of carbonyl (C=O) groups is 2. The molecule has 0 saturated heterocycles. The van der Waals surface area contributed by atoms with Crippen LogP contribution in [0, 0.1) is 12.7 Å². The van der Waals surface area contributed by atoms with Crippen LogP contribution in [0.1, 0.15) is 48.8 Å². The van der Waals surface area contributed by atoms with Crippen molar-refractivity contribution in [2.45, 2.75) is 69.0 Å². The van der Waals surface area contributed by atoms with E-state index >= 15 is 0 Å². The number of hydrogen-bond donors (Lipinski definition) is 1. The molecule has 0 heterocycles. The lowest BCUT2D eigenvalue weighted by Gasteiger charge is -2.35. The van der Waals surface area contributed by atoms with Crippen LogP contribution in [0.3, 0.4) is 0 Å². The molecule has 0 radical (unpaired) electrons. The second kappa shape index (κ2) is 16.0. The number of nitrogens with zero attached hydrogens (tertiary/aromatic N) is 2. The Kier molecular flexibility index (Phi) is 11.8. The summed E-state index contributed by atoms with van der Waals surface area (Å²) in [6.45, 7) is 1.07. The van der Waals surface area contributed by atoms with Crippen molar-refractivity contribution in [3.05, 3.63) is 130 Å². The van der Waals surface area contributed by atoms with Crippen LogP contribution in [0.25, 0.3) is 0 Å². The van der Waals surface area contributed by atoms with Crippen molar-refractivity contribution in [2.24, 2.45) is 0 Å². The topological polar surface area (TPSA) is 86.8 Å². The molecule has 0 aromatic heterocycles. The molecule has 1 aliphatic rings. The third-order valence-corrected chi connectivity index (χ3v) is 11.1. The molecule has 0 unspecified atom stereocenters. The lowest BCUT2D eigenvalue weighted by atomic mass is 9.94. The van der Waals surface area contributed by atoms with Crippen LogP contribution in [-0.2, 0) is 32.6 Å². The maximum atomic E-state index is 14.7. The van der Waals surface area contributed by atoms with Gasteiger partial charge in [0.05, 0.1) is 10.6 Å². The van der Waals surface area contributed by atoms with Gasteiger partial charge in [0.25, 0.3) is 10.0 Å². The molecule has 4 aromatic rings. The maximum Gasteiger partial charge on any atom is 0.264 e. The molecule has 0 aliphatic heterocycles. The SMILES string of the molecule is Cc1ccc(N(CC(=O)N(Cc2c(Cl)cccc2Cl)[C@@H](Cc2ccccc2)C(=O)NC2CCCCC2)S(=O)(=O)c2ccc(F)cc2)cc1. The molecule has 252 valence electrons. The van der Waals surface area contributed by atoms with Gasteiger partial charge in [-0.3, -0.25) is 13.9 Å². The van der Waals surface area contributed by atoms with Gasteiger partial charge in [-0.25, -0.2) is 12.8 Å². The van der Waals surface area contributed by atoms with Gasteiger partial charge in [-0.05, 0) is 73.9 Å². The van der Waals surface area contributed by atoms with Gasteiger partial charge in [-0.15, -0.1) is 0 Å². The summed E-state index contributed by atoms with van der Waals surface area (Å²) < 4.78 is 43.0. The van der Waals surface area contributed by atoms with Crippen LogP contribution < -0.4 is 9.62 Å². The van der Waals surface area contributed by atoms with E-state index in [4.69, 9.17) is 23.2 Å². The molecule has 0 spiro atoms. The quantitative estimate of drug-likeness (QED) is 0.163. The molecule has 2 amide bonds. The number of anilines is 1. The molecule has 0 bridgehead atoms. The number of benzene rings is 4. The first-order valence-corrected chi connectivity index (χ1v) is 18.1. The molecule has 48 heavy (non-hydrogen) atoms. The van der Waals surface area contributed by atoms with Gasteiger partial charge in [0.2, 0.25) is 11.8 Å². The average molecular weight is 711 g/mol. The van der Waals surface area contributed by atoms with E-state index in [2.05, 4.69) is 5.32 Å². The smallest absolute Gasteiger partial charge is 0.264 e. The first kappa shape index (κ1) is 35.4. The predicted molar refractivity (Wildman–Crippen MR) is 188 cm³/mol. The standard InChI is InChI=1S/C37H38Cl2FN3O4S/c1-26-15-19-30(20-16-26)43(48(46,47)31-21-17-28(40)18-22-31)25-36(44)42(24-32-33(38)13-8-14-34(32)39)35(23-27-9-4-2-5-10-27)37(45)41-29-11-6-3-7-12-29/h2,4-5,8-10,13-22,29,35H,3,6-7,11-12,23-25H2,1H3,(H,41,45)/t35-/m0/s1. The minimum absolute atomic E-state index is 0.0340. The second-order valence-electron chi connectivity index (χ2n) is 12.1. The molecular formula is C37H38Cl2FN3O4S. The van der Waals surface area contributed by atoms with Crippen LogP contribution in [0.2, 0.25) is 10.0 Å². The van der Waals surface area contributed by atoms with Crippen LogP contribution in [0.15, 0.2) is 102 Å². The zero-order chi connectivity index (χ0) is 34.3. The minimum Gasteiger partial charge on any atom is -0.352 e.